The van der Waals surface area contributed by atoms with Crippen molar-refractivity contribution >= 4 is 0 Å². The van der Waals surface area contributed by atoms with Gasteiger partial charge in [-0.05, 0) is 36.3 Å². The van der Waals surface area contributed by atoms with E-state index < -0.39 is 11.7 Å². The van der Waals surface area contributed by atoms with E-state index in [1.54, 1.807) is 0 Å². The monoisotopic (exact) mass is 240 g/mol. The van der Waals surface area contributed by atoms with Crippen molar-refractivity contribution in [3.63, 3.8) is 0 Å². The molecule has 0 spiro atoms. The van der Waals surface area contributed by atoms with Crippen molar-refractivity contribution in [1.82, 2.24) is 0 Å². The van der Waals surface area contributed by atoms with E-state index in [9.17, 15) is 8.78 Å². The third-order valence-electron chi connectivity index (χ3n) is 3.69. The van der Waals surface area contributed by atoms with Gasteiger partial charge >= 0.3 is 0 Å². The highest BCUT2D eigenvalue weighted by Gasteiger charge is 2.18. The summed E-state index contributed by atoms with van der Waals surface area (Å²) in [7, 11) is 0. The highest BCUT2D eigenvalue weighted by molar-refractivity contribution is 5.29. The molecular formula is C15H22F2. The first kappa shape index (κ1) is 14.1. The lowest BCUT2D eigenvalue weighted by molar-refractivity contribution is 0.277. The summed E-state index contributed by atoms with van der Waals surface area (Å²) in [5, 5.41) is 0. The first-order valence-electron chi connectivity index (χ1n) is 6.40. The smallest absolute Gasteiger partial charge is 0.161 e. The minimum absolute atomic E-state index is 0.265. The summed E-state index contributed by atoms with van der Waals surface area (Å²) in [6.45, 7) is 9.09. The Labute approximate surface area is 103 Å². The number of allylic oxidation sites excluding steroid dienone is 4. The number of hydrogen-bond donors (Lipinski definition) is 0. The summed E-state index contributed by atoms with van der Waals surface area (Å²) in [5.41, 5.74) is 0.265. The second kappa shape index (κ2) is 6.73. The average Bonchev–Trinajstić information content (AvgIpc) is 2.35. The standard InChI is InChI=1S/C15H22F2/c1-4-14(16)15(17)12(3)7-10-13-8-5-11(2)6-9-13/h4,11,13H,1,3,5-10H2,2H3/b15-14-. The van der Waals surface area contributed by atoms with Gasteiger partial charge in [0, 0.05) is 0 Å². The van der Waals surface area contributed by atoms with Crippen LogP contribution in [-0.4, -0.2) is 0 Å². The first-order valence-corrected chi connectivity index (χ1v) is 6.40. The topological polar surface area (TPSA) is 0 Å². The lowest BCUT2D eigenvalue weighted by Gasteiger charge is -2.26. The summed E-state index contributed by atoms with van der Waals surface area (Å²) < 4.78 is 26.3. The lowest BCUT2D eigenvalue weighted by Crippen LogP contribution is -2.12. The average molecular weight is 240 g/mol. The van der Waals surface area contributed by atoms with Crippen molar-refractivity contribution in [2.45, 2.75) is 45.4 Å². The van der Waals surface area contributed by atoms with Gasteiger partial charge in [-0.25, -0.2) is 8.78 Å². The zero-order chi connectivity index (χ0) is 12.8. The van der Waals surface area contributed by atoms with E-state index in [0.717, 1.165) is 18.4 Å². The van der Waals surface area contributed by atoms with Crippen molar-refractivity contribution in [2.24, 2.45) is 11.8 Å². The van der Waals surface area contributed by atoms with Crippen molar-refractivity contribution in [3.8, 4) is 0 Å². The third-order valence-corrected chi connectivity index (χ3v) is 3.69. The van der Waals surface area contributed by atoms with Crippen LogP contribution in [0.15, 0.2) is 36.5 Å². The molecule has 0 N–H and O–H groups in total. The summed E-state index contributed by atoms with van der Waals surface area (Å²) in [5.74, 6) is -0.247. The highest BCUT2D eigenvalue weighted by atomic mass is 19.2. The fraction of sp³-hybridized carbons (Fsp3) is 0.600. The predicted octanol–water partition coefficient (Wildman–Crippen LogP) is 5.49. The Kier molecular flexibility index (Phi) is 5.60. The maximum Gasteiger partial charge on any atom is 0.161 e. The quantitative estimate of drug-likeness (QED) is 0.558. The van der Waals surface area contributed by atoms with Crippen molar-refractivity contribution in [3.05, 3.63) is 36.5 Å². The molecule has 0 saturated heterocycles. The third kappa shape index (κ3) is 4.45. The van der Waals surface area contributed by atoms with Crippen molar-refractivity contribution in [1.29, 1.82) is 0 Å². The zero-order valence-corrected chi connectivity index (χ0v) is 10.6. The molecule has 0 aromatic carbocycles. The van der Waals surface area contributed by atoms with E-state index in [4.69, 9.17) is 0 Å². The molecule has 0 amide bonds. The van der Waals surface area contributed by atoms with Crippen molar-refractivity contribution in [2.75, 3.05) is 0 Å². The summed E-state index contributed by atoms with van der Waals surface area (Å²) in [4.78, 5) is 0. The van der Waals surface area contributed by atoms with Gasteiger partial charge < -0.3 is 0 Å². The van der Waals surface area contributed by atoms with Crippen molar-refractivity contribution < 1.29 is 8.78 Å². The Hall–Kier alpha value is -0.920. The molecule has 0 unspecified atom stereocenters. The summed E-state index contributed by atoms with van der Waals surface area (Å²) in [6.07, 6.45) is 7.30. The molecule has 0 aliphatic heterocycles. The highest BCUT2D eigenvalue weighted by Crippen LogP contribution is 2.33. The zero-order valence-electron chi connectivity index (χ0n) is 10.6. The molecule has 0 bridgehead atoms. The molecule has 1 aliphatic carbocycles. The van der Waals surface area contributed by atoms with Gasteiger partial charge in [-0.15, -0.1) is 0 Å². The van der Waals surface area contributed by atoms with Gasteiger partial charge in [-0.1, -0.05) is 45.8 Å². The van der Waals surface area contributed by atoms with Crippen LogP contribution >= 0.6 is 0 Å². The molecular weight excluding hydrogens is 218 g/mol. The molecule has 0 atom stereocenters. The van der Waals surface area contributed by atoms with E-state index in [2.05, 4.69) is 20.1 Å². The molecule has 0 radical (unpaired) electrons. The predicted molar refractivity (Wildman–Crippen MR) is 68.9 cm³/mol. The van der Waals surface area contributed by atoms with Gasteiger partial charge in [0.2, 0.25) is 0 Å². The largest absolute Gasteiger partial charge is 0.204 e. The van der Waals surface area contributed by atoms with E-state index in [1.165, 1.54) is 25.7 Å². The molecule has 1 aliphatic rings. The molecule has 0 heterocycles. The summed E-state index contributed by atoms with van der Waals surface area (Å²) >= 11 is 0. The van der Waals surface area contributed by atoms with Crippen LogP contribution in [0.3, 0.4) is 0 Å². The van der Waals surface area contributed by atoms with Gasteiger partial charge in [0.05, 0.1) is 0 Å². The van der Waals surface area contributed by atoms with Crippen LogP contribution in [0.2, 0.25) is 0 Å². The molecule has 1 saturated carbocycles. The van der Waals surface area contributed by atoms with E-state index in [0.29, 0.717) is 12.3 Å². The molecule has 1 rings (SSSR count). The fourth-order valence-corrected chi connectivity index (χ4v) is 2.36. The van der Waals surface area contributed by atoms with Crippen LogP contribution in [-0.2, 0) is 0 Å². The molecule has 17 heavy (non-hydrogen) atoms. The van der Waals surface area contributed by atoms with E-state index >= 15 is 0 Å². The second-order valence-electron chi connectivity index (χ2n) is 5.13. The Balaban J connectivity index is 2.36. The Morgan fingerprint density at radius 2 is 1.82 bits per heavy atom. The Bertz CT molecular complexity index is 307. The van der Waals surface area contributed by atoms with Gasteiger partial charge in [0.25, 0.3) is 0 Å². The molecule has 1 fully saturated rings. The Morgan fingerprint density at radius 3 is 2.35 bits per heavy atom. The fourth-order valence-electron chi connectivity index (χ4n) is 2.36. The van der Waals surface area contributed by atoms with E-state index in [1.807, 2.05) is 0 Å². The molecule has 2 heteroatoms. The van der Waals surface area contributed by atoms with Crippen LogP contribution in [0.25, 0.3) is 0 Å². The maximum atomic E-state index is 13.3. The number of hydrogen-bond acceptors (Lipinski definition) is 0. The van der Waals surface area contributed by atoms with Gasteiger partial charge in [-0.3, -0.25) is 0 Å². The van der Waals surface area contributed by atoms with Crippen LogP contribution < -0.4 is 0 Å². The van der Waals surface area contributed by atoms with Crippen LogP contribution in [0.4, 0.5) is 8.78 Å². The summed E-state index contributed by atoms with van der Waals surface area (Å²) in [6, 6.07) is 0. The number of rotatable bonds is 5. The lowest BCUT2D eigenvalue weighted by atomic mass is 9.80. The molecule has 96 valence electrons. The SMILES string of the molecule is C=C/C(F)=C(/F)C(=C)CCC1CCC(C)CC1. The molecule has 0 aromatic rings. The van der Waals surface area contributed by atoms with Crippen LogP contribution in [0.5, 0.6) is 0 Å². The minimum Gasteiger partial charge on any atom is -0.204 e. The van der Waals surface area contributed by atoms with Crippen LogP contribution in [0, 0.1) is 11.8 Å². The van der Waals surface area contributed by atoms with E-state index in [-0.39, 0.29) is 5.57 Å². The van der Waals surface area contributed by atoms with Crippen LogP contribution in [0.1, 0.15) is 45.4 Å². The number of halogens is 2. The first-order chi connectivity index (χ1) is 8.04. The maximum absolute atomic E-state index is 13.3. The molecule has 0 nitrogen and oxygen atoms in total. The second-order valence-corrected chi connectivity index (χ2v) is 5.13. The minimum atomic E-state index is -0.896. The van der Waals surface area contributed by atoms with Gasteiger partial charge in [-0.2, -0.15) is 0 Å². The molecule has 0 aromatic heterocycles. The van der Waals surface area contributed by atoms with Gasteiger partial charge in [0.1, 0.15) is 0 Å². The van der Waals surface area contributed by atoms with Gasteiger partial charge in [0.15, 0.2) is 11.7 Å². The normalized spacial score (nSPS) is 26.3. The Morgan fingerprint density at radius 1 is 1.24 bits per heavy atom.